The number of anilines is 1. The summed E-state index contributed by atoms with van der Waals surface area (Å²) in [7, 11) is 2.72. The Kier molecular flexibility index (Phi) is 5.82. The summed E-state index contributed by atoms with van der Waals surface area (Å²) >= 11 is 1.13. The van der Waals surface area contributed by atoms with Crippen LogP contribution < -0.4 is 17.0 Å². The van der Waals surface area contributed by atoms with Crippen LogP contribution in [0.5, 0.6) is 0 Å². The van der Waals surface area contributed by atoms with E-state index in [1.807, 2.05) is 34.9 Å². The molecule has 0 radical (unpaired) electrons. The van der Waals surface area contributed by atoms with Gasteiger partial charge >= 0.3 is 5.69 Å². The molecule has 10 nitrogen and oxygen atoms in total. The molecule has 0 aliphatic rings. The summed E-state index contributed by atoms with van der Waals surface area (Å²) in [4.78, 5) is 37.3. The molecule has 2 N–H and O–H groups in total. The Morgan fingerprint density at radius 2 is 1.81 bits per heavy atom. The fourth-order valence-corrected chi connectivity index (χ4v) is 4.03. The minimum atomic E-state index is -0.724. The van der Waals surface area contributed by atoms with Crippen LogP contribution in [0.15, 0.2) is 67.9 Å². The van der Waals surface area contributed by atoms with E-state index >= 15 is 0 Å². The number of rotatable bonds is 7. The van der Waals surface area contributed by atoms with Gasteiger partial charge in [0.2, 0.25) is 5.82 Å². The topological polar surface area (TPSA) is 131 Å². The fraction of sp³-hybridized carbons (Fsp3) is 0.190. The average Bonchev–Trinajstić information content (AvgIpc) is 3.46. The van der Waals surface area contributed by atoms with Crippen molar-refractivity contribution in [1.29, 1.82) is 0 Å². The van der Waals surface area contributed by atoms with Crippen molar-refractivity contribution in [2.24, 2.45) is 14.1 Å². The highest BCUT2D eigenvalue weighted by Gasteiger charge is 2.22. The quantitative estimate of drug-likeness (QED) is 0.330. The number of hydrogen-bond acceptors (Lipinski definition) is 8. The SMILES string of the molecule is Cn1c(N)c(C(=O)CSc2nnc(-c3ccco3)n2Cc2ccccc2)c(=O)n(C)c1=O. The van der Waals surface area contributed by atoms with E-state index in [-0.39, 0.29) is 17.1 Å². The zero-order chi connectivity index (χ0) is 22.8. The number of ketones is 1. The van der Waals surface area contributed by atoms with E-state index in [0.29, 0.717) is 23.3 Å². The van der Waals surface area contributed by atoms with E-state index < -0.39 is 17.0 Å². The van der Waals surface area contributed by atoms with Crippen LogP contribution >= 0.6 is 11.8 Å². The van der Waals surface area contributed by atoms with Crippen molar-refractivity contribution >= 4 is 23.4 Å². The van der Waals surface area contributed by atoms with Gasteiger partial charge in [-0.15, -0.1) is 10.2 Å². The molecule has 0 bridgehead atoms. The van der Waals surface area contributed by atoms with Crippen molar-refractivity contribution < 1.29 is 9.21 Å². The van der Waals surface area contributed by atoms with Gasteiger partial charge in [0.05, 0.1) is 18.6 Å². The van der Waals surface area contributed by atoms with Crippen LogP contribution in [0.25, 0.3) is 11.6 Å². The molecule has 3 heterocycles. The van der Waals surface area contributed by atoms with E-state index in [1.54, 1.807) is 18.4 Å². The highest BCUT2D eigenvalue weighted by Crippen LogP contribution is 2.26. The van der Waals surface area contributed by atoms with Crippen LogP contribution in [0.1, 0.15) is 15.9 Å². The first-order chi connectivity index (χ1) is 15.4. The molecule has 164 valence electrons. The number of carbonyl (C=O) groups is 1. The van der Waals surface area contributed by atoms with E-state index in [9.17, 15) is 14.4 Å². The summed E-state index contributed by atoms with van der Waals surface area (Å²) in [6.45, 7) is 0.462. The van der Waals surface area contributed by atoms with Gasteiger partial charge in [0.25, 0.3) is 5.56 Å². The molecule has 11 heteroatoms. The normalized spacial score (nSPS) is 11.1. The third-order valence-corrected chi connectivity index (χ3v) is 5.93. The summed E-state index contributed by atoms with van der Waals surface area (Å²) in [5.41, 5.74) is 5.38. The van der Waals surface area contributed by atoms with Gasteiger partial charge in [0, 0.05) is 14.1 Å². The van der Waals surface area contributed by atoms with Crippen molar-refractivity contribution in [2.45, 2.75) is 11.7 Å². The van der Waals surface area contributed by atoms with Crippen LogP contribution in [0.4, 0.5) is 5.82 Å². The summed E-state index contributed by atoms with van der Waals surface area (Å²) in [5, 5.41) is 8.93. The average molecular weight is 452 g/mol. The lowest BCUT2D eigenvalue weighted by Gasteiger charge is -2.11. The molecule has 0 aliphatic carbocycles. The van der Waals surface area contributed by atoms with E-state index in [2.05, 4.69) is 10.2 Å². The van der Waals surface area contributed by atoms with Crippen LogP contribution in [0.3, 0.4) is 0 Å². The summed E-state index contributed by atoms with van der Waals surface area (Å²) in [5.74, 6) is 0.292. The smallest absolute Gasteiger partial charge is 0.332 e. The number of Topliss-reactive ketones (excluding diaryl/α,β-unsaturated/α-hetero) is 1. The van der Waals surface area contributed by atoms with Crippen molar-refractivity contribution in [2.75, 3.05) is 11.5 Å². The Labute approximate surface area is 186 Å². The number of furan rings is 1. The molecule has 0 amide bonds. The van der Waals surface area contributed by atoms with Crippen molar-refractivity contribution in [1.82, 2.24) is 23.9 Å². The standard InChI is InChI=1S/C21H20N6O4S/c1-25-17(22)16(19(29)26(2)21(25)30)14(28)12-32-20-24-23-18(15-9-6-10-31-15)27(20)11-13-7-4-3-5-8-13/h3-10H,11-12,22H2,1-2H3. The minimum absolute atomic E-state index is 0.108. The predicted molar refractivity (Wildman–Crippen MR) is 120 cm³/mol. The highest BCUT2D eigenvalue weighted by atomic mass is 32.2. The van der Waals surface area contributed by atoms with E-state index in [0.717, 1.165) is 26.5 Å². The molecule has 0 atom stereocenters. The van der Waals surface area contributed by atoms with Crippen molar-refractivity contribution in [3.05, 3.63) is 80.7 Å². The highest BCUT2D eigenvalue weighted by molar-refractivity contribution is 7.99. The molecule has 0 saturated carbocycles. The summed E-state index contributed by atoms with van der Waals surface area (Å²) in [6.07, 6.45) is 1.55. The minimum Gasteiger partial charge on any atom is -0.461 e. The van der Waals surface area contributed by atoms with Gasteiger partial charge in [-0.1, -0.05) is 42.1 Å². The largest absolute Gasteiger partial charge is 0.461 e. The maximum atomic E-state index is 12.9. The number of benzene rings is 1. The van der Waals surface area contributed by atoms with Gasteiger partial charge < -0.3 is 10.2 Å². The number of hydrogen-bond donors (Lipinski definition) is 1. The number of thioether (sulfide) groups is 1. The predicted octanol–water partition coefficient (Wildman–Crippen LogP) is 1.54. The van der Waals surface area contributed by atoms with Gasteiger partial charge in [-0.05, 0) is 17.7 Å². The second-order valence-electron chi connectivity index (χ2n) is 7.03. The molecular weight excluding hydrogens is 432 g/mol. The molecule has 0 spiro atoms. The first-order valence-electron chi connectivity index (χ1n) is 9.61. The maximum Gasteiger partial charge on any atom is 0.332 e. The molecule has 4 aromatic rings. The molecular formula is C21H20N6O4S. The zero-order valence-corrected chi connectivity index (χ0v) is 18.2. The molecule has 0 unspecified atom stereocenters. The molecule has 4 rings (SSSR count). The van der Waals surface area contributed by atoms with E-state index in [4.69, 9.17) is 10.2 Å². The van der Waals surface area contributed by atoms with Crippen molar-refractivity contribution in [3.8, 4) is 11.6 Å². The Hall–Kier alpha value is -3.86. The monoisotopic (exact) mass is 452 g/mol. The van der Waals surface area contributed by atoms with Crippen LogP contribution in [-0.2, 0) is 20.6 Å². The first kappa shape index (κ1) is 21.4. The lowest BCUT2D eigenvalue weighted by Crippen LogP contribution is -2.41. The molecule has 3 aromatic heterocycles. The molecule has 0 aliphatic heterocycles. The van der Waals surface area contributed by atoms with Gasteiger partial charge in [-0.25, -0.2) is 4.79 Å². The third-order valence-electron chi connectivity index (χ3n) is 4.96. The Balaban J connectivity index is 1.65. The number of nitrogen functional groups attached to an aromatic ring is 1. The zero-order valence-electron chi connectivity index (χ0n) is 17.4. The number of aromatic nitrogens is 5. The van der Waals surface area contributed by atoms with Gasteiger partial charge in [-0.2, -0.15) is 0 Å². The van der Waals surface area contributed by atoms with E-state index in [1.165, 1.54) is 14.1 Å². The number of nitrogens with two attached hydrogens (primary N) is 1. The number of carbonyl (C=O) groups excluding carboxylic acids is 1. The maximum absolute atomic E-state index is 12.9. The van der Waals surface area contributed by atoms with Crippen LogP contribution in [0, 0.1) is 0 Å². The molecule has 0 fully saturated rings. The van der Waals surface area contributed by atoms with Gasteiger partial charge in [0.15, 0.2) is 16.7 Å². The summed E-state index contributed by atoms with van der Waals surface area (Å²) < 4.78 is 9.26. The van der Waals surface area contributed by atoms with Gasteiger partial charge in [-0.3, -0.25) is 23.3 Å². The Morgan fingerprint density at radius 1 is 1.06 bits per heavy atom. The number of nitrogens with zero attached hydrogens (tertiary/aromatic N) is 5. The molecule has 1 aromatic carbocycles. The van der Waals surface area contributed by atoms with Gasteiger partial charge in [0.1, 0.15) is 11.4 Å². The second-order valence-corrected chi connectivity index (χ2v) is 7.98. The van der Waals surface area contributed by atoms with Crippen LogP contribution in [0.2, 0.25) is 0 Å². The third kappa shape index (κ3) is 3.89. The first-order valence-corrected chi connectivity index (χ1v) is 10.6. The molecule has 0 saturated heterocycles. The van der Waals surface area contributed by atoms with Crippen molar-refractivity contribution in [3.63, 3.8) is 0 Å². The van der Waals surface area contributed by atoms with Crippen LogP contribution in [-0.4, -0.2) is 35.4 Å². The lowest BCUT2D eigenvalue weighted by molar-refractivity contribution is 0.102. The lowest BCUT2D eigenvalue weighted by atomic mass is 10.2. The Bertz CT molecular complexity index is 1390. The Morgan fingerprint density at radius 3 is 2.50 bits per heavy atom. The molecule has 32 heavy (non-hydrogen) atoms. The second kappa shape index (κ2) is 8.71. The summed E-state index contributed by atoms with van der Waals surface area (Å²) in [6, 6.07) is 13.3. The fourth-order valence-electron chi connectivity index (χ4n) is 3.22.